The Labute approximate surface area is 152 Å². The van der Waals surface area contributed by atoms with Gasteiger partial charge in [0.15, 0.2) is 5.82 Å². The van der Waals surface area contributed by atoms with E-state index in [-0.39, 0.29) is 0 Å². The second kappa shape index (κ2) is 7.27. The van der Waals surface area contributed by atoms with Crippen LogP contribution in [-0.2, 0) is 6.42 Å². The number of nitrogens with zero attached hydrogens (tertiary/aromatic N) is 2. The highest BCUT2D eigenvalue weighted by Gasteiger charge is 2.06. The molecule has 2 aromatic carbocycles. The molecule has 0 saturated carbocycles. The van der Waals surface area contributed by atoms with E-state index in [1.807, 2.05) is 24.4 Å². The van der Waals surface area contributed by atoms with Crippen LogP contribution in [0.1, 0.15) is 12.0 Å². The fourth-order valence-corrected chi connectivity index (χ4v) is 3.07. The van der Waals surface area contributed by atoms with Crippen molar-refractivity contribution in [1.29, 1.82) is 0 Å². The molecule has 0 bridgehead atoms. The molecule has 5 heteroatoms. The number of rotatable bonds is 6. The molecule has 0 aliphatic carbocycles. The minimum Gasteiger partial charge on any atom is -0.382 e. The lowest BCUT2D eigenvalue weighted by atomic mass is 10.0. The molecule has 26 heavy (non-hydrogen) atoms. The van der Waals surface area contributed by atoms with Gasteiger partial charge in [0.05, 0.1) is 5.52 Å². The van der Waals surface area contributed by atoms with Crippen LogP contribution >= 0.6 is 0 Å². The van der Waals surface area contributed by atoms with Gasteiger partial charge in [0.25, 0.3) is 0 Å². The number of fused-ring (bicyclic) bond motifs is 1. The van der Waals surface area contributed by atoms with Gasteiger partial charge in [-0.15, -0.1) is 0 Å². The lowest BCUT2D eigenvalue weighted by Gasteiger charge is -2.08. The number of hydrogen-bond donors (Lipinski definition) is 3. The van der Waals surface area contributed by atoms with Gasteiger partial charge in [0.1, 0.15) is 5.82 Å². The van der Waals surface area contributed by atoms with Gasteiger partial charge in [-0.3, -0.25) is 5.10 Å². The van der Waals surface area contributed by atoms with Crippen LogP contribution in [-0.4, -0.2) is 21.7 Å². The zero-order valence-corrected chi connectivity index (χ0v) is 14.4. The first-order chi connectivity index (χ1) is 12.8. The van der Waals surface area contributed by atoms with Gasteiger partial charge < -0.3 is 11.1 Å². The number of anilines is 2. The van der Waals surface area contributed by atoms with Crippen LogP contribution in [0.2, 0.25) is 0 Å². The first-order valence-corrected chi connectivity index (χ1v) is 8.77. The van der Waals surface area contributed by atoms with Crippen LogP contribution in [0.5, 0.6) is 0 Å². The van der Waals surface area contributed by atoms with Crippen LogP contribution in [0, 0.1) is 0 Å². The van der Waals surface area contributed by atoms with Gasteiger partial charge in [-0.2, -0.15) is 5.10 Å². The first-order valence-electron chi connectivity index (χ1n) is 8.77. The Balaban J connectivity index is 1.43. The number of hydrogen-bond acceptors (Lipinski definition) is 4. The lowest BCUT2D eigenvalue weighted by Crippen LogP contribution is -2.04. The largest absolute Gasteiger partial charge is 0.382 e. The molecule has 0 fully saturated rings. The summed E-state index contributed by atoms with van der Waals surface area (Å²) in [4.78, 5) is 4.43. The maximum atomic E-state index is 5.92. The fourth-order valence-electron chi connectivity index (χ4n) is 3.07. The van der Waals surface area contributed by atoms with E-state index in [0.717, 1.165) is 47.2 Å². The molecule has 0 spiro atoms. The average Bonchev–Trinajstić information content (AvgIpc) is 3.07. The normalized spacial score (nSPS) is 10.9. The van der Waals surface area contributed by atoms with Crippen molar-refractivity contribution in [3.05, 3.63) is 72.4 Å². The Bertz CT molecular complexity index is 1010. The number of aromatic nitrogens is 3. The van der Waals surface area contributed by atoms with Crippen LogP contribution in [0.25, 0.3) is 22.0 Å². The highest BCUT2D eigenvalue weighted by molar-refractivity contribution is 5.92. The Morgan fingerprint density at radius 3 is 2.69 bits per heavy atom. The molecule has 4 N–H and O–H groups in total. The third kappa shape index (κ3) is 3.52. The molecule has 0 amide bonds. The third-order valence-corrected chi connectivity index (χ3v) is 4.48. The van der Waals surface area contributed by atoms with Crippen LogP contribution < -0.4 is 11.1 Å². The van der Waals surface area contributed by atoms with Crippen molar-refractivity contribution in [2.75, 3.05) is 17.6 Å². The summed E-state index contributed by atoms with van der Waals surface area (Å²) < 4.78 is 0. The van der Waals surface area contributed by atoms with Crippen molar-refractivity contribution in [2.24, 2.45) is 0 Å². The number of pyridine rings is 1. The summed E-state index contributed by atoms with van der Waals surface area (Å²) in [5.41, 5.74) is 10.4. The van der Waals surface area contributed by atoms with E-state index in [9.17, 15) is 0 Å². The van der Waals surface area contributed by atoms with Crippen LogP contribution in [0.4, 0.5) is 11.6 Å². The van der Waals surface area contributed by atoms with Gasteiger partial charge in [0.2, 0.25) is 0 Å². The molecule has 4 rings (SSSR count). The lowest BCUT2D eigenvalue weighted by molar-refractivity contribution is 0.859. The summed E-state index contributed by atoms with van der Waals surface area (Å²) in [5.74, 6) is 1.41. The highest BCUT2D eigenvalue weighted by atomic mass is 15.1. The molecule has 2 aromatic heterocycles. The van der Waals surface area contributed by atoms with E-state index in [1.54, 1.807) is 0 Å². The maximum Gasteiger partial charge on any atom is 0.153 e. The Morgan fingerprint density at radius 2 is 1.81 bits per heavy atom. The predicted octanol–water partition coefficient (Wildman–Crippen LogP) is 4.25. The quantitative estimate of drug-likeness (QED) is 0.457. The van der Waals surface area contributed by atoms with Crippen molar-refractivity contribution in [1.82, 2.24) is 15.2 Å². The maximum absolute atomic E-state index is 5.92. The minimum absolute atomic E-state index is 0.523. The number of nitrogen functional groups attached to an aromatic ring is 1. The molecule has 0 unspecified atom stereocenters. The summed E-state index contributed by atoms with van der Waals surface area (Å²) in [5, 5.41) is 11.3. The van der Waals surface area contributed by atoms with Crippen molar-refractivity contribution in [3.63, 3.8) is 0 Å². The molecule has 0 aliphatic heterocycles. The Hall–Kier alpha value is -3.34. The molecule has 0 aliphatic rings. The smallest absolute Gasteiger partial charge is 0.153 e. The molecule has 4 aromatic rings. The summed E-state index contributed by atoms with van der Waals surface area (Å²) >= 11 is 0. The summed E-state index contributed by atoms with van der Waals surface area (Å²) in [6, 6.07) is 20.7. The summed E-state index contributed by atoms with van der Waals surface area (Å²) in [6.45, 7) is 0.888. The number of H-pyrrole nitrogens is 1. The van der Waals surface area contributed by atoms with E-state index in [4.69, 9.17) is 5.73 Å². The monoisotopic (exact) mass is 343 g/mol. The topological polar surface area (TPSA) is 79.6 Å². The van der Waals surface area contributed by atoms with E-state index < -0.39 is 0 Å². The second-order valence-electron chi connectivity index (χ2n) is 6.31. The van der Waals surface area contributed by atoms with Crippen molar-refractivity contribution >= 4 is 22.5 Å². The first kappa shape index (κ1) is 16.1. The Kier molecular flexibility index (Phi) is 4.51. The zero-order valence-electron chi connectivity index (χ0n) is 14.4. The average molecular weight is 343 g/mol. The van der Waals surface area contributed by atoms with Crippen molar-refractivity contribution in [2.45, 2.75) is 12.8 Å². The van der Waals surface area contributed by atoms with E-state index >= 15 is 0 Å². The summed E-state index contributed by atoms with van der Waals surface area (Å²) in [7, 11) is 0. The van der Waals surface area contributed by atoms with Gasteiger partial charge in [-0.25, -0.2) is 4.98 Å². The van der Waals surface area contributed by atoms with E-state index in [2.05, 4.69) is 63.0 Å². The van der Waals surface area contributed by atoms with Crippen LogP contribution in [0.3, 0.4) is 0 Å². The molecular formula is C21H21N5. The van der Waals surface area contributed by atoms with Gasteiger partial charge in [-0.05, 0) is 53.8 Å². The second-order valence-corrected chi connectivity index (χ2v) is 6.31. The molecule has 130 valence electrons. The van der Waals surface area contributed by atoms with Gasteiger partial charge >= 0.3 is 0 Å². The molecule has 0 saturated heterocycles. The SMILES string of the molecule is Nc1n[nH]c2ccc(-c3ccnc(NCCCc4ccccc4)c3)cc12. The molecule has 0 atom stereocenters. The minimum atomic E-state index is 0.523. The molecule has 5 nitrogen and oxygen atoms in total. The molecule has 2 heterocycles. The highest BCUT2D eigenvalue weighted by Crippen LogP contribution is 2.27. The van der Waals surface area contributed by atoms with Crippen molar-refractivity contribution < 1.29 is 0 Å². The molecular weight excluding hydrogens is 322 g/mol. The fraction of sp³-hybridized carbons (Fsp3) is 0.143. The van der Waals surface area contributed by atoms with Crippen molar-refractivity contribution in [3.8, 4) is 11.1 Å². The third-order valence-electron chi connectivity index (χ3n) is 4.48. The predicted molar refractivity (Wildman–Crippen MR) is 107 cm³/mol. The number of benzene rings is 2. The van der Waals surface area contributed by atoms with Crippen LogP contribution in [0.15, 0.2) is 66.9 Å². The molecule has 0 radical (unpaired) electrons. The van der Waals surface area contributed by atoms with Gasteiger partial charge in [-0.1, -0.05) is 36.4 Å². The number of aryl methyl sites for hydroxylation is 1. The number of nitrogens with one attached hydrogen (secondary N) is 2. The van der Waals surface area contributed by atoms with Gasteiger partial charge in [0, 0.05) is 18.1 Å². The Morgan fingerprint density at radius 1 is 0.962 bits per heavy atom. The van der Waals surface area contributed by atoms with E-state index in [1.165, 1.54) is 5.56 Å². The zero-order chi connectivity index (χ0) is 17.8. The number of aromatic amines is 1. The standard InChI is InChI=1S/C21H21N5/c22-21-18-13-16(8-9-19(18)25-26-21)17-10-12-24-20(14-17)23-11-4-7-15-5-2-1-3-6-15/h1-3,5-6,8-10,12-14H,4,7,11H2,(H,23,24)(H3,22,25,26). The van der Waals surface area contributed by atoms with E-state index in [0.29, 0.717) is 5.82 Å². The summed E-state index contributed by atoms with van der Waals surface area (Å²) in [6.07, 6.45) is 3.95. The number of nitrogens with two attached hydrogens (primary N) is 1.